The molecule has 5 nitrogen and oxygen atoms in total. The van der Waals surface area contributed by atoms with Crippen LogP contribution in [0.15, 0.2) is 17.3 Å². The van der Waals surface area contributed by atoms with Gasteiger partial charge in [0, 0.05) is 17.6 Å². The Morgan fingerprint density at radius 3 is 2.75 bits per heavy atom. The molecule has 1 rings (SSSR count). The van der Waals surface area contributed by atoms with E-state index in [9.17, 15) is 8.42 Å². The first-order valence-corrected chi connectivity index (χ1v) is 7.04. The normalized spacial score (nSPS) is 15.9. The Labute approximate surface area is 101 Å². The first-order valence-electron chi connectivity index (χ1n) is 5.02. The number of alkyl halides is 1. The molecule has 0 bridgehead atoms. The van der Waals surface area contributed by atoms with Gasteiger partial charge < -0.3 is 0 Å². The van der Waals surface area contributed by atoms with Gasteiger partial charge in [0.05, 0.1) is 6.20 Å². The average molecular weight is 266 g/mol. The number of aromatic nitrogens is 2. The molecule has 0 saturated carbocycles. The highest BCUT2D eigenvalue weighted by molar-refractivity contribution is 7.89. The second-order valence-corrected chi connectivity index (χ2v) is 5.95. The molecule has 2 N–H and O–H groups in total. The summed E-state index contributed by atoms with van der Waals surface area (Å²) in [6, 6.07) is 0. The van der Waals surface area contributed by atoms with Gasteiger partial charge in [-0.1, -0.05) is 6.92 Å². The highest BCUT2D eigenvalue weighted by Gasteiger charge is 2.28. The van der Waals surface area contributed by atoms with Crippen LogP contribution < -0.4 is 4.72 Å². The van der Waals surface area contributed by atoms with E-state index in [1.165, 1.54) is 12.4 Å². The number of aromatic amines is 1. The highest BCUT2D eigenvalue weighted by Crippen LogP contribution is 2.19. The Balaban J connectivity index is 2.87. The maximum absolute atomic E-state index is 11.9. The molecule has 0 spiro atoms. The Kier molecular flexibility index (Phi) is 4.35. The fourth-order valence-corrected chi connectivity index (χ4v) is 3.11. The molecule has 92 valence electrons. The minimum absolute atomic E-state index is 0.141. The topological polar surface area (TPSA) is 74.8 Å². The van der Waals surface area contributed by atoms with Crippen LogP contribution in [0.2, 0.25) is 0 Å². The van der Waals surface area contributed by atoms with Crippen LogP contribution in [0.5, 0.6) is 0 Å². The molecular weight excluding hydrogens is 250 g/mol. The lowest BCUT2D eigenvalue weighted by Gasteiger charge is -2.28. The highest BCUT2D eigenvalue weighted by atomic mass is 35.5. The minimum Gasteiger partial charge on any atom is -0.284 e. The molecule has 0 radical (unpaired) electrons. The van der Waals surface area contributed by atoms with Crippen LogP contribution in [0.3, 0.4) is 0 Å². The summed E-state index contributed by atoms with van der Waals surface area (Å²) in [5.74, 6) is 0.415. The van der Waals surface area contributed by atoms with Gasteiger partial charge in [-0.15, -0.1) is 11.6 Å². The van der Waals surface area contributed by atoms with E-state index in [4.69, 9.17) is 11.6 Å². The van der Waals surface area contributed by atoms with Crippen LogP contribution in [0.4, 0.5) is 0 Å². The minimum atomic E-state index is -3.51. The van der Waals surface area contributed by atoms with Crippen molar-refractivity contribution in [3.05, 3.63) is 12.4 Å². The van der Waals surface area contributed by atoms with Crippen molar-refractivity contribution >= 4 is 21.6 Å². The molecule has 1 aromatic heterocycles. The van der Waals surface area contributed by atoms with Crippen LogP contribution in [0.1, 0.15) is 26.7 Å². The van der Waals surface area contributed by atoms with Gasteiger partial charge in [0.15, 0.2) is 0 Å². The van der Waals surface area contributed by atoms with Gasteiger partial charge in [-0.2, -0.15) is 5.10 Å². The molecule has 0 aliphatic rings. The molecule has 0 fully saturated rings. The lowest BCUT2D eigenvalue weighted by atomic mass is 9.97. The van der Waals surface area contributed by atoms with Gasteiger partial charge in [-0.05, 0) is 19.8 Å². The van der Waals surface area contributed by atoms with Crippen molar-refractivity contribution < 1.29 is 8.42 Å². The summed E-state index contributed by atoms with van der Waals surface area (Å²) < 4.78 is 26.5. The van der Waals surface area contributed by atoms with Gasteiger partial charge in [0.25, 0.3) is 0 Å². The van der Waals surface area contributed by atoms with E-state index in [0.717, 1.165) is 0 Å². The summed E-state index contributed by atoms with van der Waals surface area (Å²) in [5.41, 5.74) is -0.516. The van der Waals surface area contributed by atoms with Gasteiger partial charge in [-0.25, -0.2) is 13.1 Å². The molecule has 0 aliphatic heterocycles. The molecule has 1 unspecified atom stereocenters. The van der Waals surface area contributed by atoms with Crippen LogP contribution in [-0.4, -0.2) is 30.0 Å². The molecule has 1 aromatic rings. The van der Waals surface area contributed by atoms with E-state index < -0.39 is 15.6 Å². The molecule has 0 saturated heterocycles. The van der Waals surface area contributed by atoms with E-state index in [-0.39, 0.29) is 4.90 Å². The van der Waals surface area contributed by atoms with Crippen LogP contribution >= 0.6 is 11.6 Å². The SMILES string of the molecule is CCC(C)(CCCl)NS(=O)(=O)c1cn[nH]c1. The number of rotatable bonds is 6. The van der Waals surface area contributed by atoms with Crippen molar-refractivity contribution in [2.75, 3.05) is 5.88 Å². The average Bonchev–Trinajstić information content (AvgIpc) is 2.70. The van der Waals surface area contributed by atoms with Crippen molar-refractivity contribution in [3.63, 3.8) is 0 Å². The third kappa shape index (κ3) is 3.20. The van der Waals surface area contributed by atoms with Gasteiger partial charge in [-0.3, -0.25) is 5.10 Å². The first-order chi connectivity index (χ1) is 7.43. The van der Waals surface area contributed by atoms with E-state index >= 15 is 0 Å². The molecule has 0 aliphatic carbocycles. The van der Waals surface area contributed by atoms with Gasteiger partial charge in [0.1, 0.15) is 4.90 Å². The number of nitrogens with one attached hydrogen (secondary N) is 2. The summed E-state index contributed by atoms with van der Waals surface area (Å²) in [6.45, 7) is 3.76. The Morgan fingerprint density at radius 1 is 1.62 bits per heavy atom. The van der Waals surface area contributed by atoms with Crippen LogP contribution in [-0.2, 0) is 10.0 Å². The quantitative estimate of drug-likeness (QED) is 0.765. The van der Waals surface area contributed by atoms with Crippen LogP contribution in [0.25, 0.3) is 0 Å². The monoisotopic (exact) mass is 265 g/mol. The zero-order valence-electron chi connectivity index (χ0n) is 9.33. The lowest BCUT2D eigenvalue weighted by molar-refractivity contribution is 0.390. The number of hydrogen-bond donors (Lipinski definition) is 2. The molecule has 7 heteroatoms. The van der Waals surface area contributed by atoms with E-state index in [1.807, 2.05) is 13.8 Å². The fraction of sp³-hybridized carbons (Fsp3) is 0.667. The molecule has 16 heavy (non-hydrogen) atoms. The molecule has 0 amide bonds. The van der Waals surface area contributed by atoms with Crippen LogP contribution in [0, 0.1) is 0 Å². The number of sulfonamides is 1. The Bertz CT molecular complexity index is 418. The van der Waals surface area contributed by atoms with Crippen molar-refractivity contribution in [3.8, 4) is 0 Å². The predicted molar refractivity (Wildman–Crippen MR) is 62.9 cm³/mol. The number of nitrogens with zero attached hydrogens (tertiary/aromatic N) is 1. The number of H-pyrrole nitrogens is 1. The third-order valence-electron chi connectivity index (χ3n) is 2.59. The third-order valence-corrected chi connectivity index (χ3v) is 4.39. The van der Waals surface area contributed by atoms with Crippen molar-refractivity contribution in [2.45, 2.75) is 37.1 Å². The van der Waals surface area contributed by atoms with E-state index in [2.05, 4.69) is 14.9 Å². The fourth-order valence-electron chi connectivity index (χ4n) is 1.28. The summed E-state index contributed by atoms with van der Waals surface area (Å²) in [4.78, 5) is 0.141. The maximum atomic E-state index is 11.9. The summed E-state index contributed by atoms with van der Waals surface area (Å²) in [5, 5.41) is 6.10. The number of hydrogen-bond acceptors (Lipinski definition) is 3. The maximum Gasteiger partial charge on any atom is 0.244 e. The molecule has 0 aromatic carbocycles. The van der Waals surface area contributed by atoms with Crippen molar-refractivity contribution in [1.29, 1.82) is 0 Å². The predicted octanol–water partition coefficient (Wildman–Crippen LogP) is 1.49. The zero-order chi connectivity index (χ0) is 12.2. The molecule has 1 heterocycles. The largest absolute Gasteiger partial charge is 0.284 e. The first kappa shape index (κ1) is 13.5. The lowest BCUT2D eigenvalue weighted by Crippen LogP contribution is -2.45. The Hall–Kier alpha value is -0.590. The number of halogens is 1. The molecular formula is C9H16ClN3O2S. The van der Waals surface area contributed by atoms with Gasteiger partial charge >= 0.3 is 0 Å². The summed E-state index contributed by atoms with van der Waals surface area (Å²) in [7, 11) is -3.51. The standard InChI is InChI=1S/C9H16ClN3O2S/c1-3-9(2,4-5-10)13-16(14,15)8-6-11-12-7-8/h6-7,13H,3-5H2,1-2H3,(H,11,12). The zero-order valence-corrected chi connectivity index (χ0v) is 10.9. The smallest absolute Gasteiger partial charge is 0.244 e. The second-order valence-electron chi connectivity index (χ2n) is 3.89. The van der Waals surface area contributed by atoms with E-state index in [1.54, 1.807) is 0 Å². The van der Waals surface area contributed by atoms with Crippen molar-refractivity contribution in [2.24, 2.45) is 0 Å². The second kappa shape index (κ2) is 5.16. The van der Waals surface area contributed by atoms with Gasteiger partial charge in [0.2, 0.25) is 10.0 Å². The van der Waals surface area contributed by atoms with E-state index in [0.29, 0.717) is 18.7 Å². The Morgan fingerprint density at radius 2 is 2.31 bits per heavy atom. The van der Waals surface area contributed by atoms with Crippen molar-refractivity contribution in [1.82, 2.24) is 14.9 Å². The summed E-state index contributed by atoms with van der Waals surface area (Å²) >= 11 is 5.67. The summed E-state index contributed by atoms with van der Waals surface area (Å²) in [6.07, 6.45) is 3.89. The molecule has 1 atom stereocenters.